The van der Waals surface area contributed by atoms with E-state index in [1.54, 1.807) is 0 Å². The molecule has 0 aliphatic rings. The number of halogens is 5. The quantitative estimate of drug-likeness (QED) is 0.615. The summed E-state index contributed by atoms with van der Waals surface area (Å²) in [6.45, 7) is 0. The molecule has 0 aromatic heterocycles. The first kappa shape index (κ1) is 9.86. The van der Waals surface area contributed by atoms with Gasteiger partial charge in [-0.25, -0.2) is 13.2 Å². The molecular weight excluding hydrogens is 190 g/mol. The first-order valence-corrected chi connectivity index (χ1v) is 2.94. The fourth-order valence-electron chi connectivity index (χ4n) is 0.220. The molecule has 0 saturated carbocycles. The Labute approximate surface area is 65.3 Å². The second-order valence-corrected chi connectivity index (χ2v) is 2.49. The normalized spacial score (nSPS) is 19.7. The van der Waals surface area contributed by atoms with E-state index in [4.69, 9.17) is 16.9 Å². The highest BCUT2D eigenvalue weighted by Gasteiger charge is 2.42. The first-order valence-electron chi connectivity index (χ1n) is 2.13. The van der Waals surface area contributed by atoms with Crippen molar-refractivity contribution < 1.29 is 13.2 Å². The monoisotopic (exact) mass is 191 g/mol. The Morgan fingerprint density at radius 1 is 1.50 bits per heavy atom. The van der Waals surface area contributed by atoms with Gasteiger partial charge in [-0.3, -0.25) is 0 Å². The summed E-state index contributed by atoms with van der Waals surface area (Å²) in [5, 5.41) is 2.36. The summed E-state index contributed by atoms with van der Waals surface area (Å²) in [4.78, 5) is 0. The van der Waals surface area contributed by atoms with Crippen LogP contribution in [0.25, 0.3) is 0 Å². The highest BCUT2D eigenvalue weighted by molar-refractivity contribution is 6.33. The average Bonchev–Trinajstić information content (AvgIpc) is 1.86. The standard InChI is InChI=1S/C4H2Cl2F3N/c5-2(3(7)8)4(6,9)1-10/h2-3H. The van der Waals surface area contributed by atoms with Gasteiger partial charge < -0.3 is 0 Å². The maximum absolute atomic E-state index is 12.3. The van der Waals surface area contributed by atoms with Crippen molar-refractivity contribution in [1.82, 2.24) is 0 Å². The van der Waals surface area contributed by atoms with E-state index in [1.807, 2.05) is 0 Å². The van der Waals surface area contributed by atoms with Gasteiger partial charge >= 0.3 is 0 Å². The maximum atomic E-state index is 12.3. The molecule has 1 nitrogen and oxygen atoms in total. The Hall–Kier alpha value is -0.140. The highest BCUT2D eigenvalue weighted by atomic mass is 35.5. The molecule has 58 valence electrons. The van der Waals surface area contributed by atoms with Gasteiger partial charge in [0.1, 0.15) is 6.07 Å². The molecule has 6 heteroatoms. The molecule has 0 heterocycles. The topological polar surface area (TPSA) is 23.8 Å². The van der Waals surface area contributed by atoms with Crippen molar-refractivity contribution in [2.45, 2.75) is 16.9 Å². The summed E-state index contributed by atoms with van der Waals surface area (Å²) in [5.74, 6) is 0. The summed E-state index contributed by atoms with van der Waals surface area (Å²) < 4.78 is 35.3. The second kappa shape index (κ2) is 3.31. The van der Waals surface area contributed by atoms with Gasteiger partial charge in [-0.15, -0.1) is 11.6 Å². The van der Waals surface area contributed by atoms with Crippen LogP contribution in [0.5, 0.6) is 0 Å². The number of nitrogens with zero attached hydrogens (tertiary/aromatic N) is 1. The van der Waals surface area contributed by atoms with Gasteiger partial charge in [-0.1, -0.05) is 11.6 Å². The molecule has 0 rings (SSSR count). The Morgan fingerprint density at radius 3 is 2.00 bits per heavy atom. The largest absolute Gasteiger partial charge is 0.290 e. The lowest BCUT2D eigenvalue weighted by Crippen LogP contribution is -2.31. The van der Waals surface area contributed by atoms with Crippen molar-refractivity contribution >= 4 is 23.2 Å². The molecule has 0 saturated heterocycles. The van der Waals surface area contributed by atoms with Crippen molar-refractivity contribution in [2.24, 2.45) is 0 Å². The van der Waals surface area contributed by atoms with Gasteiger partial charge in [0.25, 0.3) is 11.6 Å². The van der Waals surface area contributed by atoms with Gasteiger partial charge in [-0.2, -0.15) is 5.26 Å². The minimum Gasteiger partial charge on any atom is -0.209 e. The second-order valence-electron chi connectivity index (χ2n) is 1.47. The summed E-state index contributed by atoms with van der Waals surface area (Å²) in [5.41, 5.74) is 0. The van der Waals surface area contributed by atoms with Gasteiger partial charge in [0, 0.05) is 0 Å². The van der Waals surface area contributed by atoms with Crippen LogP contribution in [0.4, 0.5) is 13.2 Å². The highest BCUT2D eigenvalue weighted by Crippen LogP contribution is 2.29. The first-order chi connectivity index (χ1) is 4.41. The summed E-state index contributed by atoms with van der Waals surface area (Å²) in [6.07, 6.45) is -3.15. The summed E-state index contributed by atoms with van der Waals surface area (Å²) in [6, 6.07) is 0.809. The molecule has 0 N–H and O–H groups in total. The molecule has 0 aliphatic heterocycles. The molecular formula is C4H2Cl2F3N. The third-order valence-corrected chi connectivity index (χ3v) is 1.64. The predicted molar refractivity (Wildman–Crippen MR) is 31.0 cm³/mol. The third kappa shape index (κ3) is 2.24. The van der Waals surface area contributed by atoms with Crippen LogP contribution in [-0.2, 0) is 0 Å². The Bertz CT molecular complexity index is 153. The van der Waals surface area contributed by atoms with E-state index in [0.717, 1.165) is 6.07 Å². The van der Waals surface area contributed by atoms with Crippen LogP contribution >= 0.6 is 23.2 Å². The maximum Gasteiger partial charge on any atom is 0.290 e. The number of hydrogen-bond acceptors (Lipinski definition) is 1. The van der Waals surface area contributed by atoms with E-state index in [0.29, 0.717) is 0 Å². The van der Waals surface area contributed by atoms with Crippen LogP contribution in [0.1, 0.15) is 0 Å². The molecule has 0 radical (unpaired) electrons. The predicted octanol–water partition coefficient (Wildman–Crippen LogP) is 2.29. The van der Waals surface area contributed by atoms with Crippen molar-refractivity contribution in [3.8, 4) is 6.07 Å². The molecule has 0 spiro atoms. The molecule has 2 unspecified atom stereocenters. The minimum absolute atomic E-state index is 0.809. The van der Waals surface area contributed by atoms with Crippen LogP contribution < -0.4 is 0 Å². The zero-order valence-electron chi connectivity index (χ0n) is 4.49. The summed E-state index contributed by atoms with van der Waals surface area (Å²) in [7, 11) is 0. The zero-order valence-corrected chi connectivity index (χ0v) is 6.00. The molecule has 0 aromatic rings. The van der Waals surface area contributed by atoms with Gasteiger partial charge in [0.15, 0.2) is 5.38 Å². The molecule has 10 heavy (non-hydrogen) atoms. The Balaban J connectivity index is 4.22. The SMILES string of the molecule is N#CC(F)(Cl)C(Cl)C(F)F. The smallest absolute Gasteiger partial charge is 0.209 e. The molecule has 0 aliphatic carbocycles. The van der Waals surface area contributed by atoms with E-state index in [9.17, 15) is 13.2 Å². The third-order valence-electron chi connectivity index (χ3n) is 0.717. The molecule has 0 aromatic carbocycles. The lowest BCUT2D eigenvalue weighted by atomic mass is 10.3. The fourth-order valence-corrected chi connectivity index (χ4v) is 0.364. The average molecular weight is 192 g/mol. The van der Waals surface area contributed by atoms with E-state index in [1.165, 1.54) is 0 Å². The van der Waals surface area contributed by atoms with Crippen LogP contribution in [-0.4, -0.2) is 16.9 Å². The van der Waals surface area contributed by atoms with Crippen LogP contribution in [0.15, 0.2) is 0 Å². The van der Waals surface area contributed by atoms with Gasteiger partial charge in [0.2, 0.25) is 0 Å². The van der Waals surface area contributed by atoms with E-state index < -0.39 is 16.9 Å². The van der Waals surface area contributed by atoms with E-state index >= 15 is 0 Å². The number of rotatable bonds is 2. The van der Waals surface area contributed by atoms with Crippen LogP contribution in [0.2, 0.25) is 0 Å². The van der Waals surface area contributed by atoms with Crippen LogP contribution in [0.3, 0.4) is 0 Å². The fraction of sp³-hybridized carbons (Fsp3) is 0.750. The molecule has 0 fully saturated rings. The van der Waals surface area contributed by atoms with Crippen molar-refractivity contribution in [3.63, 3.8) is 0 Å². The van der Waals surface area contributed by atoms with Crippen LogP contribution in [0, 0.1) is 11.3 Å². The van der Waals surface area contributed by atoms with E-state index in [2.05, 4.69) is 11.6 Å². The Morgan fingerprint density at radius 2 is 1.90 bits per heavy atom. The molecule has 0 bridgehead atoms. The lowest BCUT2D eigenvalue weighted by Gasteiger charge is -2.13. The van der Waals surface area contributed by atoms with Crippen molar-refractivity contribution in [2.75, 3.05) is 0 Å². The lowest BCUT2D eigenvalue weighted by molar-refractivity contribution is 0.108. The number of nitriles is 1. The van der Waals surface area contributed by atoms with Crippen molar-refractivity contribution in [1.29, 1.82) is 5.26 Å². The molecule has 2 atom stereocenters. The number of hydrogen-bond donors (Lipinski definition) is 0. The van der Waals surface area contributed by atoms with Crippen molar-refractivity contribution in [3.05, 3.63) is 0 Å². The Kier molecular flexibility index (Phi) is 3.26. The van der Waals surface area contributed by atoms with E-state index in [-0.39, 0.29) is 0 Å². The zero-order chi connectivity index (χ0) is 8.36. The van der Waals surface area contributed by atoms with Gasteiger partial charge in [-0.05, 0) is 0 Å². The number of alkyl halides is 5. The van der Waals surface area contributed by atoms with Gasteiger partial charge in [0.05, 0.1) is 0 Å². The minimum atomic E-state index is -3.18. The summed E-state index contributed by atoms with van der Waals surface area (Å²) >= 11 is 9.35. The molecule has 0 amide bonds.